The van der Waals surface area contributed by atoms with Crippen molar-refractivity contribution in [2.24, 2.45) is 0 Å². The van der Waals surface area contributed by atoms with Gasteiger partial charge < -0.3 is 20.0 Å². The standard InChI is InChI=1S/C27H30F2N4O2S/c28-21-14-22(29)16-23(15-21)30-26(35)33-13-12-32(24(17-33)18-34)9-3-8-31-10-6-27(7-11-31)25-5-2-1-4-20(25)19-36-27/h1-2,4-5,14-16H,3,6-13,17,19H2,(H,30,35). The van der Waals surface area contributed by atoms with Crippen LogP contribution in [0.15, 0.2) is 48.2 Å². The zero-order valence-electron chi connectivity index (χ0n) is 20.1. The summed E-state index contributed by atoms with van der Waals surface area (Å²) in [5.74, 6) is 1.57. The number of anilines is 1. The molecule has 3 aliphatic heterocycles. The molecule has 2 aromatic carbocycles. The number of hydrogen-bond acceptors (Lipinski definition) is 5. The predicted molar refractivity (Wildman–Crippen MR) is 137 cm³/mol. The van der Waals surface area contributed by atoms with Gasteiger partial charge in [-0.15, -0.1) is 11.8 Å². The number of nitrogens with zero attached hydrogens (tertiary/aromatic N) is 3. The summed E-state index contributed by atoms with van der Waals surface area (Å²) >= 11 is 2.09. The van der Waals surface area contributed by atoms with Crippen molar-refractivity contribution in [3.63, 3.8) is 0 Å². The summed E-state index contributed by atoms with van der Waals surface area (Å²) in [5.41, 5.74) is 3.48. The number of likely N-dealkylation sites (tertiary alicyclic amines) is 1. The third kappa shape index (κ3) is 5.28. The normalized spacial score (nSPS) is 19.3. The van der Waals surface area contributed by atoms with Crippen LogP contribution >= 0.6 is 11.8 Å². The molecule has 9 heteroatoms. The average Bonchev–Trinajstić information content (AvgIpc) is 3.23. The van der Waals surface area contributed by atoms with Crippen LogP contribution in [0.25, 0.3) is 0 Å². The Morgan fingerprint density at radius 1 is 1.03 bits per heavy atom. The van der Waals surface area contributed by atoms with E-state index in [1.54, 1.807) is 0 Å². The molecule has 1 spiro atoms. The fourth-order valence-electron chi connectivity index (χ4n) is 5.50. The van der Waals surface area contributed by atoms with Gasteiger partial charge in [-0.1, -0.05) is 24.3 Å². The summed E-state index contributed by atoms with van der Waals surface area (Å²) in [6.07, 6.45) is 3.25. The number of urea groups is 1. The number of rotatable bonds is 5. The Morgan fingerprint density at radius 2 is 1.78 bits per heavy atom. The van der Waals surface area contributed by atoms with Crippen molar-refractivity contribution in [1.82, 2.24) is 14.7 Å². The number of halogens is 2. The van der Waals surface area contributed by atoms with E-state index in [-0.39, 0.29) is 17.0 Å². The van der Waals surface area contributed by atoms with Crippen LogP contribution < -0.4 is 5.32 Å². The molecule has 2 amide bonds. The van der Waals surface area contributed by atoms with Gasteiger partial charge in [0.1, 0.15) is 23.3 Å². The van der Waals surface area contributed by atoms with E-state index in [1.807, 2.05) is 10.8 Å². The lowest BCUT2D eigenvalue weighted by Gasteiger charge is -2.40. The molecule has 2 saturated heterocycles. The van der Waals surface area contributed by atoms with Gasteiger partial charge in [0.2, 0.25) is 0 Å². The molecule has 3 aliphatic rings. The van der Waals surface area contributed by atoms with E-state index in [1.165, 1.54) is 16.0 Å². The molecule has 0 aliphatic carbocycles. The highest BCUT2D eigenvalue weighted by Gasteiger charge is 2.41. The molecule has 1 N–H and O–H groups in total. The smallest absolute Gasteiger partial charge is 0.322 e. The molecule has 0 radical (unpaired) electrons. The Bertz CT molecular complexity index is 1160. The second-order valence-corrected chi connectivity index (χ2v) is 11.0. The summed E-state index contributed by atoms with van der Waals surface area (Å²) in [6.45, 7) is 4.91. The highest BCUT2D eigenvalue weighted by atomic mass is 32.2. The van der Waals surface area contributed by atoms with E-state index in [4.69, 9.17) is 0 Å². The molecule has 0 unspecified atom stereocenters. The average molecular weight is 513 g/mol. The summed E-state index contributed by atoms with van der Waals surface area (Å²) < 4.78 is 27.1. The van der Waals surface area contributed by atoms with Crippen LogP contribution in [0.2, 0.25) is 0 Å². The maximum Gasteiger partial charge on any atom is 0.322 e. The fraction of sp³-hybridized carbons (Fsp3) is 0.444. The molecule has 0 aromatic heterocycles. The van der Waals surface area contributed by atoms with Crippen LogP contribution in [0.4, 0.5) is 19.3 Å². The van der Waals surface area contributed by atoms with E-state index in [9.17, 15) is 18.4 Å². The Hall–Kier alpha value is -2.87. The third-order valence-corrected chi connectivity index (χ3v) is 9.10. The minimum absolute atomic E-state index is 0.0411. The van der Waals surface area contributed by atoms with Crippen LogP contribution in [0.3, 0.4) is 0 Å². The molecule has 190 valence electrons. The van der Waals surface area contributed by atoms with Crippen LogP contribution in [0.1, 0.15) is 30.4 Å². The van der Waals surface area contributed by atoms with Gasteiger partial charge in [0.15, 0.2) is 0 Å². The highest BCUT2D eigenvalue weighted by Crippen LogP contribution is 2.53. The maximum atomic E-state index is 13.4. The molecular formula is C27H30F2N4O2S. The van der Waals surface area contributed by atoms with Gasteiger partial charge >= 0.3 is 6.03 Å². The third-order valence-electron chi connectivity index (χ3n) is 7.46. The summed E-state index contributed by atoms with van der Waals surface area (Å²) in [6, 6.07) is 11.2. The van der Waals surface area contributed by atoms with Crippen molar-refractivity contribution in [3.05, 3.63) is 70.9 Å². The molecular weight excluding hydrogens is 482 g/mol. The van der Waals surface area contributed by atoms with Crippen molar-refractivity contribution < 1.29 is 18.4 Å². The van der Waals surface area contributed by atoms with Gasteiger partial charge in [0, 0.05) is 41.9 Å². The lowest BCUT2D eigenvalue weighted by molar-refractivity contribution is 0.165. The number of nitrogens with one attached hydrogen (secondary N) is 1. The summed E-state index contributed by atoms with van der Waals surface area (Å²) in [7, 11) is 0. The zero-order chi connectivity index (χ0) is 25.1. The molecule has 2 aromatic rings. The zero-order valence-corrected chi connectivity index (χ0v) is 21.0. The maximum absolute atomic E-state index is 13.4. The predicted octanol–water partition coefficient (Wildman–Crippen LogP) is 4.46. The van der Waals surface area contributed by atoms with Gasteiger partial charge in [-0.05, 0) is 62.2 Å². The molecule has 6 nitrogen and oxygen atoms in total. The first kappa shape index (κ1) is 24.8. The molecule has 0 bridgehead atoms. The minimum Gasteiger partial charge on any atom is -0.363 e. The molecule has 36 heavy (non-hydrogen) atoms. The molecule has 2 fully saturated rings. The Labute approximate surface area is 214 Å². The first-order valence-corrected chi connectivity index (χ1v) is 13.4. The number of piperidine rings is 1. The molecule has 0 saturated carbocycles. The quantitative estimate of drug-likeness (QED) is 0.600. The number of thioether (sulfide) groups is 1. The van der Waals surface area contributed by atoms with Crippen LogP contribution in [-0.2, 0) is 15.3 Å². The largest absolute Gasteiger partial charge is 0.363 e. The van der Waals surface area contributed by atoms with Crippen molar-refractivity contribution >= 4 is 29.4 Å². The Balaban J connectivity index is 1.07. The van der Waals surface area contributed by atoms with Gasteiger partial charge in [-0.25, -0.2) is 18.4 Å². The van der Waals surface area contributed by atoms with Crippen molar-refractivity contribution in [1.29, 1.82) is 0 Å². The number of amides is 2. The molecule has 3 heterocycles. The highest BCUT2D eigenvalue weighted by molar-refractivity contribution is 7.99. The monoisotopic (exact) mass is 512 g/mol. The number of carbonyl (C=O) groups excluding carboxylic acids is 2. The van der Waals surface area contributed by atoms with Crippen LogP contribution in [0, 0.1) is 11.6 Å². The lowest BCUT2D eigenvalue weighted by Crippen LogP contribution is -2.49. The minimum atomic E-state index is -0.765. The van der Waals surface area contributed by atoms with E-state index in [2.05, 4.69) is 46.2 Å². The second kappa shape index (κ2) is 10.6. The first-order valence-electron chi connectivity index (χ1n) is 12.4. The van der Waals surface area contributed by atoms with Crippen molar-refractivity contribution in [2.45, 2.75) is 29.8 Å². The number of fused-ring (bicyclic) bond motifs is 2. The summed E-state index contributed by atoms with van der Waals surface area (Å²) in [5, 5.41) is 2.50. The number of piperazine rings is 1. The Morgan fingerprint density at radius 3 is 2.53 bits per heavy atom. The second-order valence-electron chi connectivity index (χ2n) is 9.68. The summed E-state index contributed by atoms with van der Waals surface area (Å²) in [4.78, 5) is 30.1. The van der Waals surface area contributed by atoms with E-state index < -0.39 is 17.7 Å². The Kier molecular flexibility index (Phi) is 7.32. The lowest BCUT2D eigenvalue weighted by atomic mass is 9.86. The number of carbonyl (C=O) groups is 1. The van der Waals surface area contributed by atoms with Crippen LogP contribution in [-0.4, -0.2) is 72.5 Å². The van der Waals surface area contributed by atoms with Crippen molar-refractivity contribution in [3.8, 4) is 0 Å². The van der Waals surface area contributed by atoms with Crippen LogP contribution in [0.5, 0.6) is 0 Å². The van der Waals surface area contributed by atoms with Crippen molar-refractivity contribution in [2.75, 3.05) is 51.1 Å². The van der Waals surface area contributed by atoms with Gasteiger partial charge in [-0.2, -0.15) is 0 Å². The SMILES string of the molecule is O=C=C1CN(C(=O)Nc2cc(F)cc(F)c2)CCN1CCCN1CCC2(CC1)SCc1ccccc12. The van der Waals surface area contributed by atoms with E-state index in [0.717, 1.165) is 69.4 Å². The van der Waals surface area contributed by atoms with E-state index in [0.29, 0.717) is 18.8 Å². The fourth-order valence-corrected chi connectivity index (χ4v) is 7.01. The van der Waals surface area contributed by atoms with E-state index >= 15 is 0 Å². The van der Waals surface area contributed by atoms with Gasteiger partial charge in [-0.3, -0.25) is 0 Å². The van der Waals surface area contributed by atoms with Gasteiger partial charge in [0.25, 0.3) is 0 Å². The number of benzene rings is 2. The molecule has 0 atom stereocenters. The molecule has 5 rings (SSSR count). The topological polar surface area (TPSA) is 55.9 Å². The van der Waals surface area contributed by atoms with Gasteiger partial charge in [0.05, 0.1) is 6.54 Å². The number of hydrogen-bond donors (Lipinski definition) is 1. The first-order chi connectivity index (χ1) is 17.5.